The summed E-state index contributed by atoms with van der Waals surface area (Å²) in [6.07, 6.45) is 3.57. The number of carbonyl (C=O) groups excluding carboxylic acids is 1. The quantitative estimate of drug-likeness (QED) is 0.768. The zero-order chi connectivity index (χ0) is 11.5. The number of rotatable bonds is 3. The van der Waals surface area contributed by atoms with Gasteiger partial charge in [-0.05, 0) is 18.2 Å². The van der Waals surface area contributed by atoms with Crippen molar-refractivity contribution in [3.8, 4) is 5.69 Å². The van der Waals surface area contributed by atoms with E-state index in [2.05, 4.69) is 10.1 Å². The monoisotopic (exact) mass is 217 g/mol. The molecule has 0 aliphatic rings. The Kier molecular flexibility index (Phi) is 2.47. The van der Waals surface area contributed by atoms with Gasteiger partial charge in [-0.1, -0.05) is 0 Å². The van der Waals surface area contributed by atoms with Crippen molar-refractivity contribution in [2.75, 3.05) is 0 Å². The molecule has 16 heavy (non-hydrogen) atoms. The second-order valence-corrected chi connectivity index (χ2v) is 3.01. The van der Waals surface area contributed by atoms with Crippen LogP contribution in [-0.4, -0.2) is 32.1 Å². The van der Waals surface area contributed by atoms with Crippen LogP contribution in [0, 0.1) is 0 Å². The molecule has 1 N–H and O–H groups in total. The van der Waals surface area contributed by atoms with Crippen LogP contribution in [0.3, 0.4) is 0 Å². The van der Waals surface area contributed by atoms with Crippen LogP contribution >= 0.6 is 0 Å². The molecule has 2 heterocycles. The van der Waals surface area contributed by atoms with Gasteiger partial charge in [0, 0.05) is 12.4 Å². The molecule has 6 heteroatoms. The van der Waals surface area contributed by atoms with Gasteiger partial charge in [-0.15, -0.1) is 0 Å². The fraction of sp³-hybridized carbons (Fsp3) is 0. The molecule has 0 atom stereocenters. The number of hydrogen-bond acceptors (Lipinski definition) is 4. The molecular formula is C10H7N3O3. The van der Waals surface area contributed by atoms with Crippen LogP contribution in [0.4, 0.5) is 0 Å². The van der Waals surface area contributed by atoms with Gasteiger partial charge in [0.05, 0.1) is 5.69 Å². The third-order valence-corrected chi connectivity index (χ3v) is 1.96. The van der Waals surface area contributed by atoms with Crippen LogP contribution in [0.15, 0.2) is 30.6 Å². The zero-order valence-corrected chi connectivity index (χ0v) is 8.07. The van der Waals surface area contributed by atoms with E-state index >= 15 is 0 Å². The summed E-state index contributed by atoms with van der Waals surface area (Å²) in [5.74, 6) is -1.11. The molecule has 0 unspecified atom stereocenters. The smallest absolute Gasteiger partial charge is 0.354 e. The minimum Gasteiger partial charge on any atom is -0.477 e. The molecule has 2 aromatic rings. The molecule has 80 valence electrons. The summed E-state index contributed by atoms with van der Waals surface area (Å²) in [4.78, 5) is 24.8. The van der Waals surface area contributed by atoms with Gasteiger partial charge in [0.2, 0.25) is 0 Å². The van der Waals surface area contributed by atoms with E-state index in [4.69, 9.17) is 5.11 Å². The van der Waals surface area contributed by atoms with E-state index in [9.17, 15) is 9.59 Å². The highest BCUT2D eigenvalue weighted by Crippen LogP contribution is 2.07. The SMILES string of the molecule is O=Cc1ccn(-c2ccnc(C(=O)O)c2)n1. The first-order valence-corrected chi connectivity index (χ1v) is 4.41. The topological polar surface area (TPSA) is 85.1 Å². The maximum absolute atomic E-state index is 10.7. The molecule has 2 aromatic heterocycles. The zero-order valence-electron chi connectivity index (χ0n) is 8.07. The molecule has 0 aliphatic carbocycles. The summed E-state index contributed by atoms with van der Waals surface area (Å²) >= 11 is 0. The van der Waals surface area contributed by atoms with Crippen molar-refractivity contribution < 1.29 is 14.7 Å². The number of aromatic carboxylic acids is 1. The predicted molar refractivity (Wildman–Crippen MR) is 53.7 cm³/mol. The molecule has 0 saturated carbocycles. The minimum atomic E-state index is -1.11. The van der Waals surface area contributed by atoms with Crippen LogP contribution in [0.1, 0.15) is 21.0 Å². The molecular weight excluding hydrogens is 210 g/mol. The summed E-state index contributed by atoms with van der Waals surface area (Å²) in [5, 5.41) is 12.7. The first-order chi connectivity index (χ1) is 7.70. The van der Waals surface area contributed by atoms with Gasteiger partial charge in [-0.3, -0.25) is 4.79 Å². The average Bonchev–Trinajstić information content (AvgIpc) is 2.77. The molecule has 0 aromatic carbocycles. The first-order valence-electron chi connectivity index (χ1n) is 4.41. The van der Waals surface area contributed by atoms with Crippen LogP contribution in [0.25, 0.3) is 5.69 Å². The standard InChI is InChI=1S/C10H7N3O3/c14-6-7-2-4-13(12-7)8-1-3-11-9(5-8)10(15)16/h1-6H,(H,15,16). The van der Waals surface area contributed by atoms with Crippen molar-refractivity contribution in [3.05, 3.63) is 42.0 Å². The Morgan fingerprint density at radius 3 is 2.88 bits per heavy atom. The van der Waals surface area contributed by atoms with E-state index in [1.54, 1.807) is 12.3 Å². The average molecular weight is 217 g/mol. The maximum Gasteiger partial charge on any atom is 0.354 e. The molecule has 0 saturated heterocycles. The second kappa shape index (κ2) is 3.93. The van der Waals surface area contributed by atoms with Crippen molar-refractivity contribution in [2.45, 2.75) is 0 Å². The van der Waals surface area contributed by atoms with Crippen molar-refractivity contribution >= 4 is 12.3 Å². The largest absolute Gasteiger partial charge is 0.477 e. The molecule has 6 nitrogen and oxygen atoms in total. The Morgan fingerprint density at radius 1 is 1.44 bits per heavy atom. The first kappa shape index (κ1) is 10.0. The number of nitrogens with zero attached hydrogens (tertiary/aromatic N) is 3. The van der Waals surface area contributed by atoms with E-state index in [1.807, 2.05) is 0 Å². The summed E-state index contributed by atoms with van der Waals surface area (Å²) in [6.45, 7) is 0. The minimum absolute atomic E-state index is 0.0688. The number of carbonyl (C=O) groups is 2. The molecule has 0 fully saturated rings. The molecule has 0 spiro atoms. The molecule has 0 radical (unpaired) electrons. The number of hydrogen-bond donors (Lipinski definition) is 1. The van der Waals surface area contributed by atoms with Crippen molar-refractivity contribution in [1.29, 1.82) is 0 Å². The molecule has 0 bridgehead atoms. The number of carboxylic acid groups (broad SMARTS) is 1. The van der Waals surface area contributed by atoms with Gasteiger partial charge >= 0.3 is 5.97 Å². The third-order valence-electron chi connectivity index (χ3n) is 1.96. The summed E-state index contributed by atoms with van der Waals surface area (Å²) < 4.78 is 1.41. The second-order valence-electron chi connectivity index (χ2n) is 3.01. The van der Waals surface area contributed by atoms with Gasteiger partial charge in [0.1, 0.15) is 11.4 Å². The Hall–Kier alpha value is -2.50. The lowest BCUT2D eigenvalue weighted by Crippen LogP contribution is -2.03. The Labute approximate surface area is 90.2 Å². The highest BCUT2D eigenvalue weighted by molar-refractivity contribution is 5.85. The number of carboxylic acids is 1. The van der Waals surface area contributed by atoms with Crippen LogP contribution < -0.4 is 0 Å². The van der Waals surface area contributed by atoms with Gasteiger partial charge in [0.25, 0.3) is 0 Å². The summed E-state index contributed by atoms with van der Waals surface area (Å²) in [7, 11) is 0. The van der Waals surface area contributed by atoms with Crippen molar-refractivity contribution in [2.24, 2.45) is 0 Å². The maximum atomic E-state index is 10.7. The van der Waals surface area contributed by atoms with Gasteiger partial charge in [-0.25, -0.2) is 14.5 Å². The van der Waals surface area contributed by atoms with Crippen LogP contribution in [0.2, 0.25) is 0 Å². The number of aldehydes is 1. The van der Waals surface area contributed by atoms with Gasteiger partial charge < -0.3 is 5.11 Å². The number of pyridine rings is 1. The molecule has 0 aliphatic heterocycles. The predicted octanol–water partition coefficient (Wildman–Crippen LogP) is 0.778. The summed E-state index contributed by atoms with van der Waals surface area (Å²) in [5.41, 5.74) is 0.759. The van der Waals surface area contributed by atoms with Crippen LogP contribution in [-0.2, 0) is 0 Å². The van der Waals surface area contributed by atoms with E-state index in [0.717, 1.165) is 0 Å². The molecule has 0 amide bonds. The summed E-state index contributed by atoms with van der Waals surface area (Å²) in [6, 6.07) is 4.52. The van der Waals surface area contributed by atoms with Crippen molar-refractivity contribution in [3.63, 3.8) is 0 Å². The number of aromatic nitrogens is 3. The normalized spacial score (nSPS) is 10.0. The fourth-order valence-corrected chi connectivity index (χ4v) is 1.22. The van der Waals surface area contributed by atoms with E-state index in [1.165, 1.54) is 23.0 Å². The van der Waals surface area contributed by atoms with Gasteiger partial charge in [-0.2, -0.15) is 5.10 Å². The van der Waals surface area contributed by atoms with Crippen LogP contribution in [0.5, 0.6) is 0 Å². The van der Waals surface area contributed by atoms with E-state index < -0.39 is 5.97 Å². The lowest BCUT2D eigenvalue weighted by Gasteiger charge is -2.01. The van der Waals surface area contributed by atoms with Gasteiger partial charge in [0.15, 0.2) is 6.29 Å². The van der Waals surface area contributed by atoms with Crippen molar-refractivity contribution in [1.82, 2.24) is 14.8 Å². The lowest BCUT2D eigenvalue weighted by atomic mass is 10.3. The van der Waals surface area contributed by atoms with E-state index in [0.29, 0.717) is 12.0 Å². The Bertz CT molecular complexity index is 548. The molecule has 2 rings (SSSR count). The highest BCUT2D eigenvalue weighted by Gasteiger charge is 2.06. The Morgan fingerprint density at radius 2 is 2.25 bits per heavy atom. The Balaban J connectivity index is 2.43. The fourth-order valence-electron chi connectivity index (χ4n) is 1.22. The van der Waals surface area contributed by atoms with E-state index in [-0.39, 0.29) is 11.4 Å². The highest BCUT2D eigenvalue weighted by atomic mass is 16.4. The third kappa shape index (κ3) is 1.81. The lowest BCUT2D eigenvalue weighted by molar-refractivity contribution is 0.0690.